The Bertz CT molecular complexity index is 881. The number of aromatic amines is 1. The van der Waals surface area contributed by atoms with Gasteiger partial charge in [-0.25, -0.2) is 13.9 Å². The summed E-state index contributed by atoms with van der Waals surface area (Å²) in [4.78, 5) is 0. The number of halogens is 2. The van der Waals surface area contributed by atoms with Crippen LogP contribution in [0.4, 0.5) is 8.78 Å². The molecule has 0 aliphatic heterocycles. The highest BCUT2D eigenvalue weighted by Gasteiger charge is 2.08. The minimum atomic E-state index is -0.385. The highest BCUT2D eigenvalue weighted by Crippen LogP contribution is 2.17. The lowest BCUT2D eigenvalue weighted by molar-refractivity contribution is 0.625. The average Bonchev–Trinajstić information content (AvgIpc) is 2.88. The topological polar surface area (TPSA) is 46.0 Å². The van der Waals surface area contributed by atoms with Crippen LogP contribution in [0.5, 0.6) is 0 Å². The second-order valence-corrected chi connectivity index (χ2v) is 4.82. The zero-order chi connectivity index (χ0) is 15.5. The van der Waals surface area contributed by atoms with Gasteiger partial charge in [-0.3, -0.25) is 0 Å². The number of benzene rings is 2. The van der Waals surface area contributed by atoms with Crippen molar-refractivity contribution in [3.8, 4) is 11.4 Å². The zero-order valence-electron chi connectivity index (χ0n) is 11.2. The Kier molecular flexibility index (Phi) is 3.88. The van der Waals surface area contributed by atoms with Crippen LogP contribution < -0.4 is 0 Å². The SMILES string of the molecule is Fc1ccc(-c2n[nH]c(=S)n2/N=C\c2ccccc2F)cc1. The summed E-state index contributed by atoms with van der Waals surface area (Å²) < 4.78 is 28.2. The van der Waals surface area contributed by atoms with Crippen molar-refractivity contribution < 1.29 is 8.78 Å². The molecule has 0 radical (unpaired) electrons. The van der Waals surface area contributed by atoms with E-state index < -0.39 is 0 Å². The minimum Gasteiger partial charge on any atom is -0.250 e. The molecule has 0 fully saturated rings. The normalized spacial score (nSPS) is 11.2. The van der Waals surface area contributed by atoms with Gasteiger partial charge in [0.1, 0.15) is 11.6 Å². The second kappa shape index (κ2) is 5.98. The fourth-order valence-corrected chi connectivity index (χ4v) is 2.06. The summed E-state index contributed by atoms with van der Waals surface area (Å²) in [6.45, 7) is 0. The van der Waals surface area contributed by atoms with Crippen LogP contribution in [0.1, 0.15) is 5.56 Å². The smallest absolute Gasteiger partial charge is 0.216 e. The molecule has 0 saturated heterocycles. The zero-order valence-corrected chi connectivity index (χ0v) is 12.0. The van der Waals surface area contributed by atoms with E-state index in [0.717, 1.165) is 0 Å². The quantitative estimate of drug-likeness (QED) is 0.590. The summed E-state index contributed by atoms with van der Waals surface area (Å²) in [5.74, 6) is -0.318. The molecule has 110 valence electrons. The van der Waals surface area contributed by atoms with Gasteiger partial charge in [-0.15, -0.1) is 0 Å². The molecule has 7 heteroatoms. The maximum Gasteiger partial charge on any atom is 0.216 e. The maximum atomic E-state index is 13.6. The number of nitrogens with zero attached hydrogens (tertiary/aromatic N) is 3. The number of hydrogen-bond acceptors (Lipinski definition) is 3. The maximum absolute atomic E-state index is 13.6. The number of H-pyrrole nitrogens is 1. The van der Waals surface area contributed by atoms with Crippen LogP contribution in [0.25, 0.3) is 11.4 Å². The molecule has 0 spiro atoms. The van der Waals surface area contributed by atoms with Gasteiger partial charge in [-0.2, -0.15) is 14.9 Å². The molecule has 1 aromatic heterocycles. The Morgan fingerprint density at radius 3 is 2.55 bits per heavy atom. The van der Waals surface area contributed by atoms with Gasteiger partial charge in [-0.05, 0) is 42.5 Å². The first-order valence-corrected chi connectivity index (χ1v) is 6.78. The van der Waals surface area contributed by atoms with E-state index in [9.17, 15) is 8.78 Å². The molecule has 22 heavy (non-hydrogen) atoms. The van der Waals surface area contributed by atoms with Crippen LogP contribution in [0.3, 0.4) is 0 Å². The van der Waals surface area contributed by atoms with Crippen molar-refractivity contribution >= 4 is 18.4 Å². The molecule has 0 bridgehead atoms. The molecule has 3 rings (SSSR count). The molecule has 0 unspecified atom stereocenters. The van der Waals surface area contributed by atoms with Crippen LogP contribution in [0.15, 0.2) is 53.6 Å². The van der Waals surface area contributed by atoms with Crippen LogP contribution >= 0.6 is 12.2 Å². The fourth-order valence-electron chi connectivity index (χ4n) is 1.88. The van der Waals surface area contributed by atoms with Crippen LogP contribution in [0.2, 0.25) is 0 Å². The molecule has 0 atom stereocenters. The third-order valence-corrected chi connectivity index (χ3v) is 3.23. The highest BCUT2D eigenvalue weighted by molar-refractivity contribution is 7.71. The van der Waals surface area contributed by atoms with Crippen molar-refractivity contribution in [1.82, 2.24) is 14.9 Å². The van der Waals surface area contributed by atoms with E-state index in [-0.39, 0.29) is 16.4 Å². The predicted molar refractivity (Wildman–Crippen MR) is 82.2 cm³/mol. The molecule has 0 amide bonds. The van der Waals surface area contributed by atoms with Crippen molar-refractivity contribution in [3.05, 3.63) is 70.5 Å². The van der Waals surface area contributed by atoms with E-state index in [1.54, 1.807) is 30.3 Å². The molecule has 4 nitrogen and oxygen atoms in total. The Morgan fingerprint density at radius 1 is 1.09 bits per heavy atom. The van der Waals surface area contributed by atoms with E-state index in [4.69, 9.17) is 12.2 Å². The molecule has 1 N–H and O–H groups in total. The molecular weight excluding hydrogens is 306 g/mol. The Balaban J connectivity index is 2.01. The van der Waals surface area contributed by atoms with Crippen molar-refractivity contribution in [2.45, 2.75) is 0 Å². The Hall–Kier alpha value is -2.67. The summed E-state index contributed by atoms with van der Waals surface area (Å²) in [5.41, 5.74) is 0.968. The number of hydrogen-bond donors (Lipinski definition) is 1. The molecule has 0 aliphatic carbocycles. The van der Waals surface area contributed by atoms with Gasteiger partial charge in [0.25, 0.3) is 0 Å². The highest BCUT2D eigenvalue weighted by atomic mass is 32.1. The average molecular weight is 316 g/mol. The minimum absolute atomic E-state index is 0.256. The van der Waals surface area contributed by atoms with E-state index in [1.165, 1.54) is 29.1 Å². The number of aromatic nitrogens is 3. The third kappa shape index (κ3) is 2.84. The third-order valence-electron chi connectivity index (χ3n) is 2.97. The number of nitrogens with one attached hydrogen (secondary N) is 1. The second-order valence-electron chi connectivity index (χ2n) is 4.44. The first-order chi connectivity index (χ1) is 10.6. The largest absolute Gasteiger partial charge is 0.250 e. The van der Waals surface area contributed by atoms with E-state index >= 15 is 0 Å². The monoisotopic (exact) mass is 316 g/mol. The van der Waals surface area contributed by atoms with Crippen molar-refractivity contribution in [1.29, 1.82) is 0 Å². The molecule has 2 aromatic carbocycles. The number of rotatable bonds is 3. The van der Waals surface area contributed by atoms with E-state index in [2.05, 4.69) is 15.3 Å². The summed E-state index contributed by atoms with van der Waals surface area (Å²) in [6, 6.07) is 12.0. The standard InChI is InChI=1S/C15H10F2N4S/c16-12-7-5-10(6-8-12)14-19-20-15(22)21(14)18-9-11-3-1-2-4-13(11)17/h1-9H,(H,20,22)/b18-9-. The van der Waals surface area contributed by atoms with Gasteiger partial charge in [0.2, 0.25) is 4.77 Å². The lowest BCUT2D eigenvalue weighted by atomic mass is 10.2. The van der Waals surface area contributed by atoms with Gasteiger partial charge >= 0.3 is 0 Å². The van der Waals surface area contributed by atoms with Crippen molar-refractivity contribution in [3.63, 3.8) is 0 Å². The molecule has 1 heterocycles. The summed E-state index contributed by atoms with van der Waals surface area (Å²) in [5, 5.41) is 10.8. The summed E-state index contributed by atoms with van der Waals surface area (Å²) in [7, 11) is 0. The fraction of sp³-hybridized carbons (Fsp3) is 0. The lowest BCUT2D eigenvalue weighted by Gasteiger charge is -2.01. The molecule has 0 saturated carbocycles. The Morgan fingerprint density at radius 2 is 1.82 bits per heavy atom. The lowest BCUT2D eigenvalue weighted by Crippen LogP contribution is -1.96. The summed E-state index contributed by atoms with van der Waals surface area (Å²) >= 11 is 5.11. The van der Waals surface area contributed by atoms with Gasteiger partial charge in [-0.1, -0.05) is 18.2 Å². The van der Waals surface area contributed by atoms with Gasteiger partial charge in [0.15, 0.2) is 5.82 Å². The predicted octanol–water partition coefficient (Wildman–Crippen LogP) is 3.77. The first kappa shape index (κ1) is 14.3. The van der Waals surface area contributed by atoms with E-state index in [1.807, 2.05) is 0 Å². The Labute approximate surface area is 129 Å². The first-order valence-electron chi connectivity index (χ1n) is 6.37. The molecule has 0 aliphatic rings. The van der Waals surface area contributed by atoms with Gasteiger partial charge in [0.05, 0.1) is 6.21 Å². The van der Waals surface area contributed by atoms with Gasteiger partial charge < -0.3 is 0 Å². The van der Waals surface area contributed by atoms with Crippen molar-refractivity contribution in [2.24, 2.45) is 5.10 Å². The van der Waals surface area contributed by atoms with Gasteiger partial charge in [0, 0.05) is 11.1 Å². The van der Waals surface area contributed by atoms with Crippen LogP contribution in [-0.2, 0) is 0 Å². The van der Waals surface area contributed by atoms with Crippen LogP contribution in [-0.4, -0.2) is 21.1 Å². The molecule has 3 aromatic rings. The van der Waals surface area contributed by atoms with Crippen LogP contribution in [0, 0.1) is 16.4 Å². The van der Waals surface area contributed by atoms with Crippen molar-refractivity contribution in [2.75, 3.05) is 0 Å². The van der Waals surface area contributed by atoms with E-state index in [0.29, 0.717) is 17.0 Å². The molecular formula is C15H10F2N4S. The summed E-state index contributed by atoms with van der Waals surface area (Å²) in [6.07, 6.45) is 1.35.